The number of carbonyl (C=O) groups excluding carboxylic acids is 2. The quantitative estimate of drug-likeness (QED) is 0.638. The monoisotopic (exact) mass is 392 g/mol. The normalized spacial score (nSPS) is 14.9. The zero-order valence-electron chi connectivity index (χ0n) is 16.7. The number of esters is 1. The highest BCUT2D eigenvalue weighted by Gasteiger charge is 2.28. The van der Waals surface area contributed by atoms with Crippen molar-refractivity contribution in [2.45, 2.75) is 26.7 Å². The number of likely N-dealkylation sites (tertiary alicyclic amines) is 1. The number of benzene rings is 1. The molecule has 0 unspecified atom stereocenters. The van der Waals surface area contributed by atoms with Crippen LogP contribution in [0, 0.1) is 12.8 Å². The van der Waals surface area contributed by atoms with Gasteiger partial charge in [0.15, 0.2) is 5.65 Å². The highest BCUT2D eigenvalue weighted by molar-refractivity contribution is 5.95. The minimum atomic E-state index is -0.156. The van der Waals surface area contributed by atoms with Crippen molar-refractivity contribution < 1.29 is 14.3 Å². The molecule has 4 rings (SSSR count). The Morgan fingerprint density at radius 2 is 1.97 bits per heavy atom. The fourth-order valence-corrected chi connectivity index (χ4v) is 3.87. The number of nitrogens with zero attached hydrogens (tertiary/aromatic N) is 4. The van der Waals surface area contributed by atoms with Crippen LogP contribution in [0.1, 0.15) is 35.9 Å². The van der Waals surface area contributed by atoms with Crippen LogP contribution < -0.4 is 0 Å². The van der Waals surface area contributed by atoms with Crippen LogP contribution in [0.2, 0.25) is 0 Å². The third-order valence-corrected chi connectivity index (χ3v) is 5.34. The molecule has 0 radical (unpaired) electrons. The van der Waals surface area contributed by atoms with E-state index in [0.717, 1.165) is 22.7 Å². The van der Waals surface area contributed by atoms with Gasteiger partial charge < -0.3 is 9.64 Å². The number of aromatic nitrogens is 3. The van der Waals surface area contributed by atoms with Crippen molar-refractivity contribution in [3.8, 4) is 5.69 Å². The number of hydrogen-bond acceptors (Lipinski definition) is 5. The summed E-state index contributed by atoms with van der Waals surface area (Å²) >= 11 is 0. The molecule has 1 aliphatic rings. The van der Waals surface area contributed by atoms with Gasteiger partial charge in [0.2, 0.25) is 0 Å². The third kappa shape index (κ3) is 3.72. The molecule has 3 heterocycles. The van der Waals surface area contributed by atoms with E-state index in [1.165, 1.54) is 0 Å². The summed E-state index contributed by atoms with van der Waals surface area (Å²) in [7, 11) is 0. The van der Waals surface area contributed by atoms with Gasteiger partial charge in [-0.3, -0.25) is 14.2 Å². The molecule has 0 spiro atoms. The highest BCUT2D eigenvalue weighted by atomic mass is 16.5. The van der Waals surface area contributed by atoms with Crippen molar-refractivity contribution >= 4 is 23.0 Å². The van der Waals surface area contributed by atoms with E-state index in [4.69, 9.17) is 4.74 Å². The Balaban J connectivity index is 1.54. The number of fused-ring (bicyclic) bond motifs is 1. The third-order valence-electron chi connectivity index (χ3n) is 5.34. The van der Waals surface area contributed by atoms with Gasteiger partial charge in [-0.2, -0.15) is 0 Å². The second-order valence-corrected chi connectivity index (χ2v) is 7.21. The second kappa shape index (κ2) is 8.03. The number of piperidine rings is 1. The summed E-state index contributed by atoms with van der Waals surface area (Å²) in [5.74, 6) is 0.524. The summed E-state index contributed by atoms with van der Waals surface area (Å²) in [4.78, 5) is 35.8. The molecule has 0 bridgehead atoms. The van der Waals surface area contributed by atoms with Gasteiger partial charge in [-0.25, -0.2) is 9.97 Å². The molecule has 3 aromatic rings. The molecule has 1 saturated heterocycles. The molecule has 1 aliphatic heterocycles. The Morgan fingerprint density at radius 3 is 2.72 bits per heavy atom. The molecule has 0 N–H and O–H groups in total. The van der Waals surface area contributed by atoms with Crippen molar-refractivity contribution in [1.29, 1.82) is 0 Å². The minimum Gasteiger partial charge on any atom is -0.466 e. The Hall–Kier alpha value is -3.22. The summed E-state index contributed by atoms with van der Waals surface area (Å²) in [6, 6.07) is 11.3. The van der Waals surface area contributed by atoms with Crippen LogP contribution in [0.4, 0.5) is 0 Å². The average molecular weight is 392 g/mol. The first kappa shape index (κ1) is 19.1. The molecule has 0 aliphatic carbocycles. The molecule has 0 saturated carbocycles. The van der Waals surface area contributed by atoms with E-state index in [1.54, 1.807) is 6.20 Å². The molecule has 1 aromatic carbocycles. The molecule has 150 valence electrons. The summed E-state index contributed by atoms with van der Waals surface area (Å²) in [6.07, 6.45) is 3.02. The van der Waals surface area contributed by atoms with Crippen molar-refractivity contribution in [2.24, 2.45) is 5.92 Å². The number of rotatable bonds is 4. The minimum absolute atomic E-state index is 0.0239. The molecular weight excluding hydrogens is 368 g/mol. The zero-order valence-corrected chi connectivity index (χ0v) is 16.7. The standard InChI is InChI=1S/C22H24N4O3/c1-3-29-22(28)16-9-12-25(13-10-16)21(27)17-6-4-7-18(14-17)26-15(2)24-19-8-5-11-23-20(19)26/h4-8,11,14,16H,3,9-10,12-13H2,1-2H3. The fraction of sp³-hybridized carbons (Fsp3) is 0.364. The molecule has 7 nitrogen and oxygen atoms in total. The average Bonchev–Trinajstić information content (AvgIpc) is 3.09. The van der Waals surface area contributed by atoms with Gasteiger partial charge in [0, 0.05) is 30.5 Å². The van der Waals surface area contributed by atoms with Crippen molar-refractivity contribution in [3.05, 3.63) is 54.0 Å². The van der Waals surface area contributed by atoms with Gasteiger partial charge in [-0.05, 0) is 57.0 Å². The van der Waals surface area contributed by atoms with E-state index in [9.17, 15) is 9.59 Å². The Kier molecular flexibility index (Phi) is 5.29. The lowest BCUT2D eigenvalue weighted by Crippen LogP contribution is -2.40. The zero-order chi connectivity index (χ0) is 20.4. The Bertz CT molecular complexity index is 1050. The Labute approximate surface area is 169 Å². The van der Waals surface area contributed by atoms with Gasteiger partial charge in [0.25, 0.3) is 5.91 Å². The number of imidazole rings is 1. The van der Waals surface area contributed by atoms with Gasteiger partial charge in [-0.15, -0.1) is 0 Å². The van der Waals surface area contributed by atoms with E-state index < -0.39 is 0 Å². The lowest BCUT2D eigenvalue weighted by atomic mass is 9.96. The number of carbonyl (C=O) groups is 2. The number of pyridine rings is 1. The predicted molar refractivity (Wildman–Crippen MR) is 109 cm³/mol. The topological polar surface area (TPSA) is 77.3 Å². The molecule has 0 atom stereocenters. The predicted octanol–water partition coefficient (Wildman–Crippen LogP) is 3.14. The first-order valence-corrected chi connectivity index (χ1v) is 9.95. The maximum absolute atomic E-state index is 13.0. The lowest BCUT2D eigenvalue weighted by Gasteiger charge is -2.31. The van der Waals surface area contributed by atoms with Crippen LogP contribution in [0.3, 0.4) is 0 Å². The van der Waals surface area contributed by atoms with Crippen molar-refractivity contribution in [3.63, 3.8) is 0 Å². The van der Waals surface area contributed by atoms with Gasteiger partial charge in [0.05, 0.1) is 12.5 Å². The largest absolute Gasteiger partial charge is 0.466 e. The Morgan fingerprint density at radius 1 is 1.17 bits per heavy atom. The molecular formula is C22H24N4O3. The maximum atomic E-state index is 13.0. The van der Waals surface area contributed by atoms with Crippen LogP contribution >= 0.6 is 0 Å². The van der Waals surface area contributed by atoms with Crippen LogP contribution in [0.25, 0.3) is 16.9 Å². The van der Waals surface area contributed by atoms with E-state index in [-0.39, 0.29) is 17.8 Å². The smallest absolute Gasteiger partial charge is 0.309 e. The van der Waals surface area contributed by atoms with Crippen LogP contribution in [-0.2, 0) is 9.53 Å². The fourth-order valence-electron chi connectivity index (χ4n) is 3.87. The van der Waals surface area contributed by atoms with E-state index in [1.807, 2.05) is 59.7 Å². The number of hydrogen-bond donors (Lipinski definition) is 0. The number of ether oxygens (including phenoxy) is 1. The number of aryl methyl sites for hydroxylation is 1. The second-order valence-electron chi connectivity index (χ2n) is 7.21. The van der Waals surface area contributed by atoms with Gasteiger partial charge >= 0.3 is 5.97 Å². The van der Waals surface area contributed by atoms with E-state index >= 15 is 0 Å². The SMILES string of the molecule is CCOC(=O)C1CCN(C(=O)c2cccc(-n3c(C)nc4cccnc43)c2)CC1. The summed E-state index contributed by atoms with van der Waals surface area (Å²) in [5, 5.41) is 0. The summed E-state index contributed by atoms with van der Waals surface area (Å²) in [5.41, 5.74) is 3.07. The van der Waals surface area contributed by atoms with Crippen LogP contribution in [0.5, 0.6) is 0 Å². The van der Waals surface area contributed by atoms with Crippen molar-refractivity contribution in [1.82, 2.24) is 19.4 Å². The maximum Gasteiger partial charge on any atom is 0.309 e. The van der Waals surface area contributed by atoms with Gasteiger partial charge in [-0.1, -0.05) is 6.07 Å². The van der Waals surface area contributed by atoms with Crippen LogP contribution in [0.15, 0.2) is 42.6 Å². The summed E-state index contributed by atoms with van der Waals surface area (Å²) in [6.45, 7) is 5.24. The first-order valence-electron chi connectivity index (χ1n) is 9.95. The first-order chi connectivity index (χ1) is 14.1. The van der Waals surface area contributed by atoms with Crippen molar-refractivity contribution in [2.75, 3.05) is 19.7 Å². The van der Waals surface area contributed by atoms with Crippen LogP contribution in [-0.4, -0.2) is 51.0 Å². The van der Waals surface area contributed by atoms with E-state index in [0.29, 0.717) is 38.1 Å². The molecule has 1 fully saturated rings. The lowest BCUT2D eigenvalue weighted by molar-refractivity contribution is -0.149. The summed E-state index contributed by atoms with van der Waals surface area (Å²) < 4.78 is 7.07. The molecule has 7 heteroatoms. The highest BCUT2D eigenvalue weighted by Crippen LogP contribution is 2.23. The van der Waals surface area contributed by atoms with E-state index in [2.05, 4.69) is 9.97 Å². The number of amides is 1. The molecule has 29 heavy (non-hydrogen) atoms. The molecule has 2 aromatic heterocycles. The van der Waals surface area contributed by atoms with Gasteiger partial charge in [0.1, 0.15) is 11.3 Å². The molecule has 1 amide bonds.